The van der Waals surface area contributed by atoms with Crippen LogP contribution in [0.2, 0.25) is 0 Å². The van der Waals surface area contributed by atoms with Crippen LogP contribution >= 0.6 is 0 Å². The van der Waals surface area contributed by atoms with Gasteiger partial charge in [0.25, 0.3) is 0 Å². The van der Waals surface area contributed by atoms with Crippen molar-refractivity contribution in [3.8, 4) is 11.1 Å². The Morgan fingerprint density at radius 3 is 2.71 bits per heavy atom. The summed E-state index contributed by atoms with van der Waals surface area (Å²) in [5.41, 5.74) is 9.23. The van der Waals surface area contributed by atoms with Crippen LogP contribution in [0.4, 0.5) is 5.82 Å². The molecule has 14 heavy (non-hydrogen) atoms. The van der Waals surface area contributed by atoms with E-state index in [1.54, 1.807) is 10.9 Å². The number of hydrogen-bond acceptors (Lipinski definition) is 2. The molecule has 0 bridgehead atoms. The summed E-state index contributed by atoms with van der Waals surface area (Å²) in [5.74, 6) is 0.704. The molecule has 0 fully saturated rings. The highest BCUT2D eigenvalue weighted by Gasteiger charge is 2.06. The van der Waals surface area contributed by atoms with E-state index in [0.717, 1.165) is 11.1 Å². The molecule has 2 aromatic rings. The Labute approximate surface area is 83.2 Å². The minimum Gasteiger partial charge on any atom is -0.383 e. The van der Waals surface area contributed by atoms with E-state index in [0.29, 0.717) is 5.82 Å². The average molecular weight is 187 g/mol. The smallest absolute Gasteiger partial charge is 0.129 e. The van der Waals surface area contributed by atoms with E-state index in [9.17, 15) is 0 Å². The molecule has 0 radical (unpaired) electrons. The molecule has 0 saturated heterocycles. The van der Waals surface area contributed by atoms with Gasteiger partial charge in [-0.05, 0) is 12.5 Å². The number of hydrogen-bond donors (Lipinski definition) is 1. The Morgan fingerprint density at radius 1 is 1.36 bits per heavy atom. The minimum absolute atomic E-state index is 0.704. The van der Waals surface area contributed by atoms with Crippen molar-refractivity contribution in [1.82, 2.24) is 9.78 Å². The number of rotatable bonds is 1. The van der Waals surface area contributed by atoms with Gasteiger partial charge < -0.3 is 5.73 Å². The van der Waals surface area contributed by atoms with Crippen molar-refractivity contribution in [1.29, 1.82) is 0 Å². The van der Waals surface area contributed by atoms with Gasteiger partial charge in [-0.2, -0.15) is 5.10 Å². The third kappa shape index (κ3) is 1.37. The first-order valence-electron chi connectivity index (χ1n) is 4.53. The van der Waals surface area contributed by atoms with E-state index in [4.69, 9.17) is 5.73 Å². The van der Waals surface area contributed by atoms with Gasteiger partial charge in [-0.15, -0.1) is 0 Å². The van der Waals surface area contributed by atoms with Gasteiger partial charge >= 0.3 is 0 Å². The Kier molecular flexibility index (Phi) is 2.00. The normalized spacial score (nSPS) is 10.4. The molecule has 0 aliphatic rings. The third-order valence-corrected chi connectivity index (χ3v) is 2.31. The molecule has 1 aromatic carbocycles. The maximum Gasteiger partial charge on any atom is 0.129 e. The molecule has 1 heterocycles. The fourth-order valence-corrected chi connectivity index (χ4v) is 1.48. The van der Waals surface area contributed by atoms with Crippen molar-refractivity contribution >= 4 is 5.82 Å². The molecular weight excluding hydrogens is 174 g/mol. The Hall–Kier alpha value is -1.77. The van der Waals surface area contributed by atoms with Crippen LogP contribution in [0.5, 0.6) is 0 Å². The van der Waals surface area contributed by atoms with Gasteiger partial charge in [0.1, 0.15) is 5.82 Å². The average Bonchev–Trinajstić information content (AvgIpc) is 2.48. The number of nitrogens with zero attached hydrogens (tertiary/aromatic N) is 2. The number of aromatic nitrogens is 2. The second-order valence-electron chi connectivity index (χ2n) is 3.44. The molecule has 0 atom stereocenters. The number of benzene rings is 1. The summed E-state index contributed by atoms with van der Waals surface area (Å²) in [4.78, 5) is 0. The molecule has 1 aromatic heterocycles. The molecule has 2 rings (SSSR count). The van der Waals surface area contributed by atoms with Crippen LogP contribution < -0.4 is 5.73 Å². The van der Waals surface area contributed by atoms with Crippen molar-refractivity contribution < 1.29 is 0 Å². The molecule has 0 spiro atoms. The third-order valence-electron chi connectivity index (χ3n) is 2.31. The van der Waals surface area contributed by atoms with Gasteiger partial charge in [0, 0.05) is 12.6 Å². The van der Waals surface area contributed by atoms with Crippen LogP contribution in [-0.2, 0) is 7.05 Å². The standard InChI is InChI=1S/C11H13N3/c1-8-4-3-5-9(6-8)10-7-13-14(2)11(10)12/h3-7H,12H2,1-2H3. The molecule has 0 aliphatic carbocycles. The highest BCUT2D eigenvalue weighted by atomic mass is 15.3. The topological polar surface area (TPSA) is 43.8 Å². The molecule has 0 amide bonds. The van der Waals surface area contributed by atoms with Crippen molar-refractivity contribution in [3.63, 3.8) is 0 Å². The zero-order chi connectivity index (χ0) is 10.1. The quantitative estimate of drug-likeness (QED) is 0.741. The van der Waals surface area contributed by atoms with Gasteiger partial charge in [0.2, 0.25) is 0 Å². The Balaban J connectivity index is 2.55. The summed E-state index contributed by atoms with van der Waals surface area (Å²) in [6.45, 7) is 2.07. The van der Waals surface area contributed by atoms with Crippen LogP contribution in [0, 0.1) is 6.92 Å². The predicted molar refractivity (Wildman–Crippen MR) is 57.8 cm³/mol. The van der Waals surface area contributed by atoms with Crippen LogP contribution in [0.15, 0.2) is 30.5 Å². The van der Waals surface area contributed by atoms with Gasteiger partial charge in [0.15, 0.2) is 0 Å². The number of aryl methyl sites for hydroxylation is 2. The summed E-state index contributed by atoms with van der Waals surface area (Å²) >= 11 is 0. The lowest BCUT2D eigenvalue weighted by Gasteiger charge is -2.01. The van der Waals surface area contributed by atoms with E-state index in [2.05, 4.69) is 24.2 Å². The SMILES string of the molecule is Cc1cccc(-c2cnn(C)c2N)c1. The van der Waals surface area contributed by atoms with E-state index in [1.165, 1.54) is 5.56 Å². The van der Waals surface area contributed by atoms with Crippen LogP contribution in [0.25, 0.3) is 11.1 Å². The Bertz CT molecular complexity index is 457. The highest BCUT2D eigenvalue weighted by molar-refractivity contribution is 5.73. The number of nitrogen functional groups attached to an aromatic ring is 1. The molecule has 3 nitrogen and oxygen atoms in total. The van der Waals surface area contributed by atoms with E-state index < -0.39 is 0 Å². The first kappa shape index (κ1) is 8.81. The number of nitrogens with two attached hydrogens (primary N) is 1. The summed E-state index contributed by atoms with van der Waals surface area (Å²) in [6.07, 6.45) is 1.80. The summed E-state index contributed by atoms with van der Waals surface area (Å²) in [7, 11) is 1.84. The summed E-state index contributed by atoms with van der Waals surface area (Å²) < 4.78 is 1.68. The van der Waals surface area contributed by atoms with Gasteiger partial charge in [-0.25, -0.2) is 0 Å². The van der Waals surface area contributed by atoms with Gasteiger partial charge in [0.05, 0.1) is 6.20 Å². The second kappa shape index (κ2) is 3.18. The molecule has 72 valence electrons. The van der Waals surface area contributed by atoms with Crippen LogP contribution in [-0.4, -0.2) is 9.78 Å². The molecular formula is C11H13N3. The minimum atomic E-state index is 0.704. The molecule has 2 N–H and O–H groups in total. The summed E-state index contributed by atoms with van der Waals surface area (Å²) in [5, 5.41) is 4.11. The molecule has 0 saturated carbocycles. The number of anilines is 1. The maximum atomic E-state index is 5.89. The fraction of sp³-hybridized carbons (Fsp3) is 0.182. The fourth-order valence-electron chi connectivity index (χ4n) is 1.48. The van der Waals surface area contributed by atoms with Crippen molar-refractivity contribution in [3.05, 3.63) is 36.0 Å². The van der Waals surface area contributed by atoms with E-state index in [-0.39, 0.29) is 0 Å². The van der Waals surface area contributed by atoms with Crippen LogP contribution in [0.3, 0.4) is 0 Å². The van der Waals surface area contributed by atoms with Crippen molar-refractivity contribution in [2.24, 2.45) is 7.05 Å². The molecule has 0 unspecified atom stereocenters. The monoisotopic (exact) mass is 187 g/mol. The van der Waals surface area contributed by atoms with E-state index >= 15 is 0 Å². The van der Waals surface area contributed by atoms with Gasteiger partial charge in [-0.3, -0.25) is 4.68 Å². The molecule has 3 heteroatoms. The first-order chi connectivity index (χ1) is 6.68. The molecule has 0 aliphatic heterocycles. The predicted octanol–water partition coefficient (Wildman–Crippen LogP) is 1.98. The lowest BCUT2D eigenvalue weighted by atomic mass is 10.1. The van der Waals surface area contributed by atoms with E-state index in [1.807, 2.05) is 19.2 Å². The first-order valence-corrected chi connectivity index (χ1v) is 4.53. The van der Waals surface area contributed by atoms with Crippen LogP contribution in [0.1, 0.15) is 5.56 Å². The summed E-state index contributed by atoms with van der Waals surface area (Å²) in [6, 6.07) is 8.24. The van der Waals surface area contributed by atoms with Gasteiger partial charge in [-0.1, -0.05) is 29.8 Å². The lowest BCUT2D eigenvalue weighted by molar-refractivity contribution is 0.779. The maximum absolute atomic E-state index is 5.89. The highest BCUT2D eigenvalue weighted by Crippen LogP contribution is 2.25. The zero-order valence-corrected chi connectivity index (χ0v) is 8.36. The zero-order valence-electron chi connectivity index (χ0n) is 8.36. The lowest BCUT2D eigenvalue weighted by Crippen LogP contribution is -1.97. The van der Waals surface area contributed by atoms with Crippen molar-refractivity contribution in [2.45, 2.75) is 6.92 Å². The van der Waals surface area contributed by atoms with Crippen molar-refractivity contribution in [2.75, 3.05) is 5.73 Å². The Morgan fingerprint density at radius 2 is 2.14 bits per heavy atom. The largest absolute Gasteiger partial charge is 0.383 e. The second-order valence-corrected chi connectivity index (χ2v) is 3.44.